The maximum Gasteiger partial charge on any atom is 0.263 e. The van der Waals surface area contributed by atoms with Gasteiger partial charge in [-0.3, -0.25) is 14.3 Å². The van der Waals surface area contributed by atoms with Crippen molar-refractivity contribution < 1.29 is 4.39 Å². The lowest BCUT2D eigenvalue weighted by atomic mass is 10.1. The lowest BCUT2D eigenvalue weighted by molar-refractivity contribution is 0.177. The van der Waals surface area contributed by atoms with E-state index in [2.05, 4.69) is 28.6 Å². The van der Waals surface area contributed by atoms with Gasteiger partial charge in [0.1, 0.15) is 11.6 Å². The molecule has 6 nitrogen and oxygen atoms in total. The summed E-state index contributed by atoms with van der Waals surface area (Å²) in [6, 6.07) is 1.38. The van der Waals surface area contributed by atoms with Gasteiger partial charge in [0.15, 0.2) is 5.65 Å². The number of halogens is 1. The molecule has 29 heavy (non-hydrogen) atoms. The zero-order valence-electron chi connectivity index (χ0n) is 17.6. The summed E-state index contributed by atoms with van der Waals surface area (Å²) in [6.45, 7) is 10.3. The topological polar surface area (TPSA) is 54.3 Å². The largest absolute Gasteiger partial charge is 0.302 e. The Balaban J connectivity index is 1.77. The van der Waals surface area contributed by atoms with Crippen molar-refractivity contribution in [3.05, 3.63) is 34.3 Å². The molecule has 158 valence electrons. The highest BCUT2D eigenvalue weighted by Gasteiger charge is 2.30. The van der Waals surface area contributed by atoms with Gasteiger partial charge in [-0.15, -0.1) is 0 Å². The minimum Gasteiger partial charge on any atom is -0.302 e. The van der Waals surface area contributed by atoms with Crippen LogP contribution in [0.15, 0.2) is 17.1 Å². The van der Waals surface area contributed by atoms with E-state index in [1.54, 1.807) is 0 Å². The summed E-state index contributed by atoms with van der Waals surface area (Å²) in [5.41, 5.74) is 0.222. The van der Waals surface area contributed by atoms with Gasteiger partial charge in [-0.2, -0.15) is 0 Å². The van der Waals surface area contributed by atoms with Crippen molar-refractivity contribution in [1.82, 2.24) is 24.3 Å². The van der Waals surface area contributed by atoms with Gasteiger partial charge in [0.2, 0.25) is 0 Å². The highest BCUT2D eigenvalue weighted by atomic mass is 19.1. The predicted octanol–water partition coefficient (Wildman–Crippen LogP) is 3.21. The van der Waals surface area contributed by atoms with Crippen LogP contribution in [0.5, 0.6) is 0 Å². The monoisotopic (exact) mass is 401 g/mol. The van der Waals surface area contributed by atoms with Crippen molar-refractivity contribution in [2.45, 2.75) is 58.5 Å². The molecule has 1 saturated carbocycles. The molecule has 0 bridgehead atoms. The molecule has 1 aliphatic carbocycles. The summed E-state index contributed by atoms with van der Waals surface area (Å²) in [4.78, 5) is 27.3. The van der Waals surface area contributed by atoms with E-state index in [4.69, 9.17) is 4.98 Å². The Labute approximate surface area is 171 Å². The molecule has 7 heteroatoms. The number of likely N-dealkylation sites (N-methyl/N-ethyl adjacent to an activating group) is 1. The molecule has 3 heterocycles. The number of nitrogens with zero attached hydrogens (tertiary/aromatic N) is 5. The van der Waals surface area contributed by atoms with Gasteiger partial charge >= 0.3 is 0 Å². The third-order valence-corrected chi connectivity index (χ3v) is 6.31. The first-order valence-electron chi connectivity index (χ1n) is 11.1. The molecule has 2 aromatic rings. The molecular weight excluding hydrogens is 369 g/mol. The van der Waals surface area contributed by atoms with Crippen LogP contribution >= 0.6 is 0 Å². The molecule has 0 aromatic carbocycles. The number of hydrogen-bond donors (Lipinski definition) is 0. The Morgan fingerprint density at radius 3 is 2.76 bits per heavy atom. The third-order valence-electron chi connectivity index (χ3n) is 6.31. The second kappa shape index (κ2) is 8.88. The second-order valence-electron chi connectivity index (χ2n) is 8.48. The second-order valence-corrected chi connectivity index (χ2v) is 8.48. The van der Waals surface area contributed by atoms with Crippen molar-refractivity contribution in [3.63, 3.8) is 0 Å². The Bertz CT molecular complexity index is 910. The van der Waals surface area contributed by atoms with Gasteiger partial charge in [0, 0.05) is 26.2 Å². The molecule has 2 fully saturated rings. The molecule has 0 spiro atoms. The number of fused-ring (bicyclic) bond motifs is 1. The highest BCUT2D eigenvalue weighted by molar-refractivity contribution is 5.73. The first-order valence-corrected chi connectivity index (χ1v) is 11.1. The number of rotatable bonds is 7. The Morgan fingerprint density at radius 1 is 1.21 bits per heavy atom. The van der Waals surface area contributed by atoms with Gasteiger partial charge in [0.25, 0.3) is 5.56 Å². The van der Waals surface area contributed by atoms with E-state index < -0.39 is 5.82 Å². The summed E-state index contributed by atoms with van der Waals surface area (Å²) in [7, 11) is 0. The molecule has 2 aromatic heterocycles. The quantitative estimate of drug-likeness (QED) is 0.713. The number of pyridine rings is 1. The van der Waals surface area contributed by atoms with Crippen LogP contribution in [0.25, 0.3) is 11.0 Å². The Kier molecular flexibility index (Phi) is 6.25. The van der Waals surface area contributed by atoms with E-state index >= 15 is 0 Å². The van der Waals surface area contributed by atoms with E-state index in [9.17, 15) is 9.18 Å². The number of hydrogen-bond acceptors (Lipinski definition) is 5. The zero-order valence-corrected chi connectivity index (χ0v) is 17.6. The summed E-state index contributed by atoms with van der Waals surface area (Å²) in [5.74, 6) is 0.869. The van der Waals surface area contributed by atoms with Crippen molar-refractivity contribution in [2.75, 3.05) is 32.7 Å². The Hall–Kier alpha value is -1.86. The molecule has 4 rings (SSSR count). The average molecular weight is 402 g/mol. The Morgan fingerprint density at radius 2 is 2.03 bits per heavy atom. The molecular formula is C22H32FN5O. The molecule has 0 amide bonds. The van der Waals surface area contributed by atoms with Crippen LogP contribution in [0.3, 0.4) is 0 Å². The smallest absolute Gasteiger partial charge is 0.263 e. The fraction of sp³-hybridized carbons (Fsp3) is 0.682. The fourth-order valence-corrected chi connectivity index (χ4v) is 4.45. The fourth-order valence-electron chi connectivity index (χ4n) is 4.45. The van der Waals surface area contributed by atoms with Crippen molar-refractivity contribution in [2.24, 2.45) is 5.92 Å². The van der Waals surface area contributed by atoms with Crippen LogP contribution in [0.1, 0.15) is 57.8 Å². The summed E-state index contributed by atoms with van der Waals surface area (Å²) in [6.07, 6.45) is 6.56. The predicted molar refractivity (Wildman–Crippen MR) is 112 cm³/mol. The summed E-state index contributed by atoms with van der Waals surface area (Å²) in [5, 5.41) is 0.290. The summed E-state index contributed by atoms with van der Waals surface area (Å²) < 4.78 is 15.6. The molecule has 0 N–H and O–H groups in total. The van der Waals surface area contributed by atoms with Crippen LogP contribution in [0.4, 0.5) is 4.39 Å². The SMILES string of the molecule is CCCC(c1nc2ncc(F)cc2c(=O)n1CC1CC1)N1CCCN(CC)CC1. The maximum atomic E-state index is 13.8. The maximum absolute atomic E-state index is 13.8. The van der Waals surface area contributed by atoms with E-state index in [0.717, 1.165) is 76.8 Å². The summed E-state index contributed by atoms with van der Waals surface area (Å²) >= 11 is 0. The van der Waals surface area contributed by atoms with Gasteiger partial charge in [0.05, 0.1) is 17.6 Å². The van der Waals surface area contributed by atoms with Gasteiger partial charge in [-0.05, 0) is 50.8 Å². The molecule has 2 aliphatic rings. The van der Waals surface area contributed by atoms with Gasteiger partial charge < -0.3 is 4.90 Å². The average Bonchev–Trinajstić information content (AvgIpc) is 3.55. The van der Waals surface area contributed by atoms with Crippen LogP contribution < -0.4 is 5.56 Å². The minimum atomic E-state index is -0.487. The minimum absolute atomic E-state index is 0.0968. The van der Waals surface area contributed by atoms with E-state index in [1.807, 2.05) is 4.57 Å². The lowest BCUT2D eigenvalue weighted by Gasteiger charge is -2.31. The molecule has 1 aliphatic heterocycles. The zero-order chi connectivity index (χ0) is 20.4. The molecule has 1 atom stereocenters. The highest BCUT2D eigenvalue weighted by Crippen LogP contribution is 2.33. The van der Waals surface area contributed by atoms with E-state index in [0.29, 0.717) is 18.1 Å². The molecule has 0 radical (unpaired) electrons. The first-order chi connectivity index (χ1) is 14.1. The van der Waals surface area contributed by atoms with Gasteiger partial charge in [-0.1, -0.05) is 20.3 Å². The van der Waals surface area contributed by atoms with Gasteiger partial charge in [-0.25, -0.2) is 14.4 Å². The lowest BCUT2D eigenvalue weighted by Crippen LogP contribution is -2.38. The van der Waals surface area contributed by atoms with Crippen molar-refractivity contribution in [1.29, 1.82) is 0 Å². The van der Waals surface area contributed by atoms with Crippen LogP contribution in [-0.4, -0.2) is 57.1 Å². The third kappa shape index (κ3) is 4.51. The van der Waals surface area contributed by atoms with Crippen LogP contribution in [-0.2, 0) is 6.54 Å². The van der Waals surface area contributed by atoms with E-state index in [-0.39, 0.29) is 17.0 Å². The molecule has 1 saturated heterocycles. The van der Waals surface area contributed by atoms with E-state index in [1.165, 1.54) is 6.07 Å². The normalized spacial score (nSPS) is 20.1. The van der Waals surface area contributed by atoms with Crippen molar-refractivity contribution >= 4 is 11.0 Å². The molecule has 1 unspecified atom stereocenters. The van der Waals surface area contributed by atoms with Crippen molar-refractivity contribution in [3.8, 4) is 0 Å². The number of aromatic nitrogens is 3. The van der Waals surface area contributed by atoms with Crippen LogP contribution in [0.2, 0.25) is 0 Å². The standard InChI is InChI=1S/C22H32FN5O/c1-3-6-19(27-10-5-9-26(4-2)11-12-27)21-25-20-18(13-17(23)14-24-20)22(29)28(21)15-16-7-8-16/h13-14,16,19H,3-12,15H2,1-2H3. The van der Waals surface area contributed by atoms with Crippen LogP contribution in [0, 0.1) is 11.7 Å². The first kappa shape index (κ1) is 20.4.